The van der Waals surface area contributed by atoms with Crippen LogP contribution in [0.15, 0.2) is 30.5 Å². The molecule has 1 aromatic carbocycles. The number of piperidine rings is 1. The quantitative estimate of drug-likeness (QED) is 0.850. The smallest absolute Gasteiger partial charge is 0.277 e. The number of anilines is 1. The normalized spacial score (nSPS) is 14.9. The van der Waals surface area contributed by atoms with E-state index < -0.39 is 0 Å². The molecule has 2 N–H and O–H groups in total. The van der Waals surface area contributed by atoms with Gasteiger partial charge in [-0.05, 0) is 49.9 Å². The van der Waals surface area contributed by atoms with Gasteiger partial charge in [0.15, 0.2) is 5.69 Å². The second-order valence-corrected chi connectivity index (χ2v) is 6.52. The Balaban J connectivity index is 0.00000208. The fourth-order valence-corrected chi connectivity index (χ4v) is 3.20. The molecule has 0 aliphatic carbocycles. The van der Waals surface area contributed by atoms with E-state index in [1.54, 1.807) is 18.0 Å². The summed E-state index contributed by atoms with van der Waals surface area (Å²) in [6, 6.07) is 8.22. The van der Waals surface area contributed by atoms with Crippen LogP contribution in [0.25, 0.3) is 0 Å². The van der Waals surface area contributed by atoms with Crippen molar-refractivity contribution in [2.45, 2.75) is 24.6 Å². The molecular weight excluding hydrogens is 346 g/mol. The molecule has 6 nitrogen and oxygen atoms in total. The van der Waals surface area contributed by atoms with Crippen LogP contribution in [-0.4, -0.2) is 40.2 Å². The van der Waals surface area contributed by atoms with Crippen molar-refractivity contribution in [3.8, 4) is 0 Å². The molecule has 2 heterocycles. The zero-order valence-corrected chi connectivity index (χ0v) is 15.2. The lowest BCUT2D eigenvalue weighted by Crippen LogP contribution is -2.29. The molecule has 130 valence electrons. The van der Waals surface area contributed by atoms with Crippen molar-refractivity contribution in [2.75, 3.05) is 24.7 Å². The van der Waals surface area contributed by atoms with E-state index in [0.29, 0.717) is 11.7 Å². The van der Waals surface area contributed by atoms with Crippen LogP contribution < -0.4 is 10.6 Å². The largest absolute Gasteiger partial charge is 0.321 e. The van der Waals surface area contributed by atoms with E-state index in [4.69, 9.17) is 0 Å². The summed E-state index contributed by atoms with van der Waals surface area (Å²) in [5.41, 5.74) is 2.38. The maximum Gasteiger partial charge on any atom is 0.277 e. The average Bonchev–Trinajstić information content (AvgIpc) is 3.08. The molecule has 1 aliphatic rings. The van der Waals surface area contributed by atoms with E-state index in [1.165, 1.54) is 5.56 Å². The summed E-state index contributed by atoms with van der Waals surface area (Å²) in [4.78, 5) is 12.3. The Kier molecular flexibility index (Phi) is 7.08. The van der Waals surface area contributed by atoms with Crippen molar-refractivity contribution in [3.63, 3.8) is 0 Å². The lowest BCUT2D eigenvalue weighted by atomic mass is 10.1. The summed E-state index contributed by atoms with van der Waals surface area (Å²) in [6.45, 7) is 1.96. The second-order valence-electron chi connectivity index (χ2n) is 5.65. The summed E-state index contributed by atoms with van der Waals surface area (Å²) in [7, 11) is 0. The Morgan fingerprint density at radius 1 is 1.33 bits per heavy atom. The average molecular weight is 368 g/mol. The van der Waals surface area contributed by atoms with Crippen LogP contribution in [0.3, 0.4) is 0 Å². The van der Waals surface area contributed by atoms with Crippen molar-refractivity contribution in [3.05, 3.63) is 41.7 Å². The molecule has 2 aromatic rings. The molecule has 1 saturated heterocycles. The first-order valence-electron chi connectivity index (χ1n) is 7.78. The Bertz CT molecular complexity index is 655. The second kappa shape index (κ2) is 9.05. The molecule has 0 atom stereocenters. The van der Waals surface area contributed by atoms with Gasteiger partial charge in [-0.25, -0.2) is 4.68 Å². The molecule has 3 rings (SSSR count). The van der Waals surface area contributed by atoms with Gasteiger partial charge in [-0.3, -0.25) is 4.79 Å². The highest BCUT2D eigenvalue weighted by atomic mass is 35.5. The number of rotatable bonds is 5. The number of hydrogen-bond donors (Lipinski definition) is 2. The minimum absolute atomic E-state index is 0. The molecule has 1 amide bonds. The van der Waals surface area contributed by atoms with Crippen LogP contribution in [0.5, 0.6) is 0 Å². The van der Waals surface area contributed by atoms with Crippen molar-refractivity contribution in [1.82, 2.24) is 20.3 Å². The highest BCUT2D eigenvalue weighted by Gasteiger charge is 2.18. The third-order valence-electron chi connectivity index (χ3n) is 3.95. The monoisotopic (exact) mass is 367 g/mol. The number of carbonyl (C=O) groups is 1. The van der Waals surface area contributed by atoms with Gasteiger partial charge in [-0.1, -0.05) is 17.3 Å². The fourth-order valence-electron chi connectivity index (χ4n) is 2.68. The molecular formula is C16H22ClN5OS. The van der Waals surface area contributed by atoms with Crippen LogP contribution in [-0.2, 0) is 5.75 Å². The first-order valence-corrected chi connectivity index (χ1v) is 9.17. The summed E-state index contributed by atoms with van der Waals surface area (Å²) < 4.78 is 1.82. The van der Waals surface area contributed by atoms with E-state index in [1.807, 2.05) is 28.9 Å². The zero-order chi connectivity index (χ0) is 16.1. The van der Waals surface area contributed by atoms with Crippen molar-refractivity contribution < 1.29 is 4.79 Å². The Morgan fingerprint density at radius 3 is 2.71 bits per heavy atom. The summed E-state index contributed by atoms with van der Waals surface area (Å²) in [5.74, 6) is 0.751. The van der Waals surface area contributed by atoms with Gasteiger partial charge in [0.25, 0.3) is 5.91 Å². The lowest BCUT2D eigenvalue weighted by molar-refractivity contribution is 0.102. The van der Waals surface area contributed by atoms with Gasteiger partial charge in [-0.2, -0.15) is 11.8 Å². The summed E-state index contributed by atoms with van der Waals surface area (Å²) >= 11 is 1.77. The van der Waals surface area contributed by atoms with Gasteiger partial charge in [0.05, 0.1) is 12.2 Å². The minimum Gasteiger partial charge on any atom is -0.321 e. The summed E-state index contributed by atoms with van der Waals surface area (Å²) in [6.07, 6.45) is 5.84. The Labute approximate surface area is 152 Å². The molecule has 24 heavy (non-hydrogen) atoms. The first kappa shape index (κ1) is 18.8. The van der Waals surface area contributed by atoms with Crippen LogP contribution >= 0.6 is 24.2 Å². The number of nitrogens with zero attached hydrogens (tertiary/aromatic N) is 3. The fraction of sp³-hybridized carbons (Fsp3) is 0.438. The molecule has 0 bridgehead atoms. The van der Waals surface area contributed by atoms with Crippen LogP contribution in [0.1, 0.15) is 34.9 Å². The number of hydrogen-bond acceptors (Lipinski definition) is 5. The third-order valence-corrected chi connectivity index (χ3v) is 4.57. The van der Waals surface area contributed by atoms with E-state index in [2.05, 4.69) is 27.2 Å². The zero-order valence-electron chi connectivity index (χ0n) is 13.6. The first-order chi connectivity index (χ1) is 11.3. The molecule has 8 heteroatoms. The highest BCUT2D eigenvalue weighted by Crippen LogP contribution is 2.18. The van der Waals surface area contributed by atoms with E-state index in [9.17, 15) is 4.79 Å². The lowest BCUT2D eigenvalue weighted by Gasteiger charge is -2.22. The molecule has 1 aromatic heterocycles. The SMILES string of the molecule is CSCc1ccc(NC(=O)c2cn(C3CCNCC3)nn2)cc1.Cl. The van der Waals surface area contributed by atoms with Crippen molar-refractivity contribution in [2.24, 2.45) is 0 Å². The van der Waals surface area contributed by atoms with E-state index in [0.717, 1.165) is 37.4 Å². The molecule has 1 fully saturated rings. The highest BCUT2D eigenvalue weighted by molar-refractivity contribution is 7.97. The molecule has 0 unspecified atom stereocenters. The van der Waals surface area contributed by atoms with Gasteiger partial charge in [-0.15, -0.1) is 17.5 Å². The molecule has 0 spiro atoms. The number of carbonyl (C=O) groups excluding carboxylic acids is 1. The Morgan fingerprint density at radius 2 is 2.04 bits per heavy atom. The van der Waals surface area contributed by atoms with Gasteiger partial charge in [0.1, 0.15) is 0 Å². The van der Waals surface area contributed by atoms with E-state index in [-0.39, 0.29) is 18.3 Å². The number of benzene rings is 1. The van der Waals surface area contributed by atoms with Crippen LogP contribution in [0, 0.1) is 0 Å². The van der Waals surface area contributed by atoms with Gasteiger partial charge < -0.3 is 10.6 Å². The van der Waals surface area contributed by atoms with Crippen LogP contribution in [0.2, 0.25) is 0 Å². The number of thioether (sulfide) groups is 1. The molecule has 0 radical (unpaired) electrons. The van der Waals surface area contributed by atoms with Gasteiger partial charge in [0.2, 0.25) is 0 Å². The number of aromatic nitrogens is 3. The Hall–Kier alpha value is -1.57. The predicted octanol–water partition coefficient (Wildman–Crippen LogP) is 2.74. The van der Waals surface area contributed by atoms with Crippen LogP contribution in [0.4, 0.5) is 5.69 Å². The topological polar surface area (TPSA) is 71.8 Å². The standard InChI is InChI=1S/C16H21N5OS.ClH/c1-23-11-12-2-4-13(5-3-12)18-16(22)15-10-21(20-19-15)14-6-8-17-9-7-14;/h2-5,10,14,17H,6-9,11H2,1H3,(H,18,22);1H. The maximum atomic E-state index is 12.3. The predicted molar refractivity (Wildman–Crippen MR) is 100 cm³/mol. The molecule has 0 saturated carbocycles. The van der Waals surface area contributed by atoms with Gasteiger partial charge in [0, 0.05) is 11.4 Å². The number of amides is 1. The third kappa shape index (κ3) is 4.72. The van der Waals surface area contributed by atoms with Gasteiger partial charge >= 0.3 is 0 Å². The number of halogens is 1. The van der Waals surface area contributed by atoms with Crippen molar-refractivity contribution in [1.29, 1.82) is 0 Å². The maximum absolute atomic E-state index is 12.3. The number of nitrogens with one attached hydrogen (secondary N) is 2. The minimum atomic E-state index is -0.220. The van der Waals surface area contributed by atoms with E-state index >= 15 is 0 Å². The summed E-state index contributed by atoms with van der Waals surface area (Å²) in [5, 5.41) is 14.3. The molecule has 1 aliphatic heterocycles. The van der Waals surface area contributed by atoms with Crippen molar-refractivity contribution >= 4 is 35.8 Å².